The van der Waals surface area contributed by atoms with Crippen molar-refractivity contribution < 1.29 is 13.3 Å². The molecule has 0 spiro atoms. The van der Waals surface area contributed by atoms with Gasteiger partial charge in [0.05, 0.1) is 0 Å². The van der Waals surface area contributed by atoms with Crippen molar-refractivity contribution in [2.24, 2.45) is 15.3 Å². The van der Waals surface area contributed by atoms with E-state index in [-0.39, 0.29) is 0 Å². The highest BCUT2D eigenvalue weighted by Gasteiger charge is 2.59. The zero-order valence-corrected chi connectivity index (χ0v) is 21.1. The summed E-state index contributed by atoms with van der Waals surface area (Å²) in [4.78, 5) is 0. The molecule has 0 unspecified atom stereocenters. The first-order valence-corrected chi connectivity index (χ1v) is 12.8. The van der Waals surface area contributed by atoms with Crippen LogP contribution in [0.2, 0.25) is 0 Å². The van der Waals surface area contributed by atoms with Gasteiger partial charge in [-0.15, -0.1) is 15.3 Å². The average molecular weight is 489 g/mol. The number of nitrogens with one attached hydrogen (secondary N) is 1. The van der Waals surface area contributed by atoms with Crippen LogP contribution in [0.25, 0.3) is 0 Å². The van der Waals surface area contributed by atoms with E-state index >= 15 is 0 Å². The van der Waals surface area contributed by atoms with Crippen molar-refractivity contribution in [2.45, 2.75) is 0 Å². The normalized spacial score (nSPS) is 14.9. The lowest BCUT2D eigenvalue weighted by atomic mass is 10.2. The molecule has 4 rings (SSSR count). The van der Waals surface area contributed by atoms with Gasteiger partial charge >= 0.3 is 8.97 Å². The molecular formula is C25H28N6O3Si. The molecule has 1 aliphatic heterocycles. The van der Waals surface area contributed by atoms with E-state index in [0.717, 1.165) is 16.7 Å². The molecule has 0 aromatic heterocycles. The quantitative estimate of drug-likeness (QED) is 0.238. The summed E-state index contributed by atoms with van der Waals surface area (Å²) in [7, 11) is 3.50. The van der Waals surface area contributed by atoms with Crippen molar-refractivity contribution in [3.8, 4) is 0 Å². The number of nitrogens with zero attached hydrogens (tertiary/aromatic N) is 5. The third-order valence-electron chi connectivity index (χ3n) is 4.63. The predicted molar refractivity (Wildman–Crippen MR) is 138 cm³/mol. The molecule has 10 heteroatoms. The lowest BCUT2D eigenvalue weighted by molar-refractivity contribution is 0.235. The van der Waals surface area contributed by atoms with E-state index in [0.29, 0.717) is 17.7 Å². The summed E-state index contributed by atoms with van der Waals surface area (Å²) in [6, 6.07) is 28.7. The van der Waals surface area contributed by atoms with Gasteiger partial charge in [-0.25, -0.2) is 5.09 Å². The van der Waals surface area contributed by atoms with Gasteiger partial charge in [0.25, 0.3) is 0 Å². The molecule has 1 heterocycles. The van der Waals surface area contributed by atoms with Crippen molar-refractivity contribution in [3.05, 3.63) is 108 Å². The Bertz CT molecular complexity index is 1140. The van der Waals surface area contributed by atoms with E-state index in [2.05, 4.69) is 20.4 Å². The molecule has 3 aromatic carbocycles. The van der Waals surface area contributed by atoms with Crippen LogP contribution in [0.15, 0.2) is 106 Å². The van der Waals surface area contributed by atoms with Crippen molar-refractivity contribution in [3.63, 3.8) is 0 Å². The van der Waals surface area contributed by atoms with E-state index in [1.54, 1.807) is 10.0 Å². The summed E-state index contributed by atoms with van der Waals surface area (Å²) in [6.07, 6.45) is 0. The standard InChI is InChI=1S/C25H28N6O3Si/c1-30(2)27-24(21-16-10-6-11-17-21)33-35(29-26-23(32-35)20-14-8-5-9-15-20)34-25(28-31(3)4)22-18-12-7-13-19-22/h5-19,29H,1-4H3/b27-24+,28-25+. The molecule has 0 radical (unpaired) electrons. The van der Waals surface area contributed by atoms with Crippen LogP contribution in [0.4, 0.5) is 0 Å². The van der Waals surface area contributed by atoms with E-state index in [1.165, 1.54) is 0 Å². The molecule has 9 nitrogen and oxygen atoms in total. The minimum absolute atomic E-state index is 0.330. The van der Waals surface area contributed by atoms with E-state index in [9.17, 15) is 0 Å². The van der Waals surface area contributed by atoms with Gasteiger partial charge in [0.15, 0.2) is 0 Å². The summed E-state index contributed by atoms with van der Waals surface area (Å²) in [5.41, 5.74) is 2.32. The highest BCUT2D eigenvalue weighted by atomic mass is 28.4. The molecule has 0 bridgehead atoms. The maximum atomic E-state index is 6.46. The lowest BCUT2D eigenvalue weighted by Crippen LogP contribution is -2.57. The topological polar surface area (TPSA) is 83.3 Å². The zero-order chi connectivity index (χ0) is 24.7. The Morgan fingerprint density at radius 3 is 1.57 bits per heavy atom. The van der Waals surface area contributed by atoms with Crippen LogP contribution in [0.5, 0.6) is 0 Å². The van der Waals surface area contributed by atoms with Crippen LogP contribution in [0, 0.1) is 0 Å². The molecule has 0 saturated carbocycles. The average Bonchev–Trinajstić information content (AvgIpc) is 3.28. The van der Waals surface area contributed by atoms with Crippen LogP contribution in [0.3, 0.4) is 0 Å². The molecule has 0 saturated heterocycles. The van der Waals surface area contributed by atoms with Crippen LogP contribution in [-0.2, 0) is 13.3 Å². The smallest absolute Gasteiger partial charge is 0.448 e. The third-order valence-corrected chi connectivity index (χ3v) is 6.40. The molecule has 35 heavy (non-hydrogen) atoms. The molecule has 1 aliphatic rings. The van der Waals surface area contributed by atoms with Gasteiger partial charge in [-0.3, -0.25) is 10.0 Å². The van der Waals surface area contributed by atoms with Gasteiger partial charge in [0.1, 0.15) is 0 Å². The van der Waals surface area contributed by atoms with Gasteiger partial charge in [-0.2, -0.15) is 0 Å². The predicted octanol–water partition coefficient (Wildman–Crippen LogP) is 3.28. The maximum Gasteiger partial charge on any atom is 0.860 e. The van der Waals surface area contributed by atoms with E-state index < -0.39 is 8.97 Å². The Kier molecular flexibility index (Phi) is 7.32. The number of rotatable bonds is 7. The summed E-state index contributed by atoms with van der Waals surface area (Å²) in [5, 5.41) is 19.9. The van der Waals surface area contributed by atoms with Gasteiger partial charge in [0.2, 0.25) is 17.7 Å². The fraction of sp³-hybridized carbons (Fsp3) is 0.160. The maximum absolute atomic E-state index is 6.46. The van der Waals surface area contributed by atoms with Crippen molar-refractivity contribution in [1.82, 2.24) is 15.1 Å². The van der Waals surface area contributed by atoms with Crippen molar-refractivity contribution in [1.29, 1.82) is 0 Å². The van der Waals surface area contributed by atoms with Crippen LogP contribution < -0.4 is 5.09 Å². The second-order valence-electron chi connectivity index (χ2n) is 7.99. The molecule has 180 valence electrons. The van der Waals surface area contributed by atoms with Crippen LogP contribution in [-0.4, -0.2) is 64.9 Å². The Labute approximate surface area is 206 Å². The van der Waals surface area contributed by atoms with Crippen molar-refractivity contribution in [2.75, 3.05) is 28.2 Å². The van der Waals surface area contributed by atoms with Gasteiger partial charge in [0, 0.05) is 44.9 Å². The fourth-order valence-corrected chi connectivity index (χ4v) is 4.90. The SMILES string of the molecule is CN(C)/N=C(/O[Si]1(O/C(=N/N(C)C)c2ccccc2)NN=C(c2ccccc2)O1)c1ccccc1. The van der Waals surface area contributed by atoms with Crippen LogP contribution >= 0.6 is 0 Å². The molecule has 0 atom stereocenters. The first-order chi connectivity index (χ1) is 16.9. The Morgan fingerprint density at radius 2 is 1.14 bits per heavy atom. The van der Waals surface area contributed by atoms with Gasteiger partial charge < -0.3 is 13.3 Å². The summed E-state index contributed by atoms with van der Waals surface area (Å²) in [5.74, 6) is 1.03. The zero-order valence-electron chi connectivity index (χ0n) is 20.1. The first kappa shape index (κ1) is 23.8. The summed E-state index contributed by atoms with van der Waals surface area (Å²) < 4.78 is 19.3. The Morgan fingerprint density at radius 1 is 0.714 bits per heavy atom. The molecular weight excluding hydrogens is 460 g/mol. The summed E-state index contributed by atoms with van der Waals surface area (Å²) in [6.45, 7) is 0. The first-order valence-electron chi connectivity index (χ1n) is 11.0. The fourth-order valence-electron chi connectivity index (χ4n) is 3.16. The molecule has 1 N–H and O–H groups in total. The Balaban J connectivity index is 1.74. The van der Waals surface area contributed by atoms with Crippen LogP contribution in [0.1, 0.15) is 16.7 Å². The minimum Gasteiger partial charge on any atom is -0.448 e. The van der Waals surface area contributed by atoms with E-state index in [4.69, 9.17) is 13.3 Å². The highest BCUT2D eigenvalue weighted by Crippen LogP contribution is 2.22. The lowest BCUT2D eigenvalue weighted by Gasteiger charge is -2.26. The van der Waals surface area contributed by atoms with Gasteiger partial charge in [-0.1, -0.05) is 54.6 Å². The number of hydrogen-bond donors (Lipinski definition) is 1. The highest BCUT2D eigenvalue weighted by molar-refractivity contribution is 6.65. The number of hydrogen-bond acceptors (Lipinski definition) is 9. The van der Waals surface area contributed by atoms with Gasteiger partial charge in [-0.05, 0) is 36.4 Å². The molecule has 3 aromatic rings. The third kappa shape index (κ3) is 6.18. The van der Waals surface area contributed by atoms with E-state index in [1.807, 2.05) is 119 Å². The largest absolute Gasteiger partial charge is 0.860 e. The summed E-state index contributed by atoms with van der Waals surface area (Å²) >= 11 is 0. The molecule has 0 aliphatic carbocycles. The second kappa shape index (κ2) is 10.7. The minimum atomic E-state index is -3.77. The molecule has 0 amide bonds. The number of benzene rings is 3. The Hall–Kier alpha value is -4.31. The monoisotopic (exact) mass is 488 g/mol. The molecule has 0 fully saturated rings. The van der Waals surface area contributed by atoms with Crippen molar-refractivity contribution >= 4 is 26.7 Å². The number of hydrazone groups is 3. The second-order valence-corrected chi connectivity index (χ2v) is 9.94.